The molecule has 19 heavy (non-hydrogen) atoms. The molecule has 0 saturated carbocycles. The molecule has 2 heterocycles. The van der Waals surface area contributed by atoms with E-state index in [4.69, 9.17) is 0 Å². The lowest BCUT2D eigenvalue weighted by atomic mass is 9.72. The van der Waals surface area contributed by atoms with Crippen molar-refractivity contribution < 1.29 is 0 Å². The Kier molecular flexibility index (Phi) is 4.19. The highest BCUT2D eigenvalue weighted by molar-refractivity contribution is 5.27. The first kappa shape index (κ1) is 13.1. The molecule has 2 aliphatic heterocycles. The molecule has 2 heteroatoms. The average Bonchev–Trinajstić information content (AvgIpc) is 2.50. The zero-order valence-corrected chi connectivity index (χ0v) is 11.9. The number of nitrogens with zero attached hydrogens (tertiary/aromatic N) is 1. The first-order valence-corrected chi connectivity index (χ1v) is 7.88. The summed E-state index contributed by atoms with van der Waals surface area (Å²) in [5, 5.41) is 3.53. The van der Waals surface area contributed by atoms with Gasteiger partial charge in [0.05, 0.1) is 0 Å². The van der Waals surface area contributed by atoms with Crippen LogP contribution in [-0.2, 0) is 5.41 Å². The van der Waals surface area contributed by atoms with E-state index in [0.717, 1.165) is 0 Å². The number of likely N-dealkylation sites (tertiary alicyclic amines) is 1. The Bertz CT molecular complexity index is 376. The second-order valence-corrected chi connectivity index (χ2v) is 6.23. The standard InChI is InChI=1S/C17H26N2/c1-3-7-16(8-4-1)17(9-11-18-12-10-17)15-19-13-5-2-6-14-19/h1,3-4,7-8,18H,2,5-6,9-15H2. The molecular formula is C17H26N2. The molecule has 1 aromatic carbocycles. The van der Waals surface area contributed by atoms with Crippen LogP contribution in [0.4, 0.5) is 0 Å². The van der Waals surface area contributed by atoms with Crippen LogP contribution in [0, 0.1) is 0 Å². The van der Waals surface area contributed by atoms with Crippen molar-refractivity contribution in [3.8, 4) is 0 Å². The van der Waals surface area contributed by atoms with E-state index < -0.39 is 0 Å². The molecule has 1 N–H and O–H groups in total. The van der Waals surface area contributed by atoms with Crippen molar-refractivity contribution in [1.29, 1.82) is 0 Å². The van der Waals surface area contributed by atoms with Crippen LogP contribution in [0.25, 0.3) is 0 Å². The maximum atomic E-state index is 3.53. The van der Waals surface area contributed by atoms with Crippen molar-refractivity contribution in [3.63, 3.8) is 0 Å². The monoisotopic (exact) mass is 258 g/mol. The Hall–Kier alpha value is -0.860. The molecule has 2 aliphatic rings. The van der Waals surface area contributed by atoms with E-state index in [9.17, 15) is 0 Å². The molecule has 0 aromatic heterocycles. The summed E-state index contributed by atoms with van der Waals surface area (Å²) in [6, 6.07) is 11.2. The van der Waals surface area contributed by atoms with Gasteiger partial charge in [0.2, 0.25) is 0 Å². The SMILES string of the molecule is c1ccc(C2(CN3CCCCC3)CCNCC2)cc1. The molecule has 0 bridgehead atoms. The number of hydrogen-bond acceptors (Lipinski definition) is 2. The summed E-state index contributed by atoms with van der Waals surface area (Å²) in [5.74, 6) is 0. The van der Waals surface area contributed by atoms with Crippen LogP contribution in [-0.4, -0.2) is 37.6 Å². The topological polar surface area (TPSA) is 15.3 Å². The lowest BCUT2D eigenvalue weighted by molar-refractivity contribution is 0.152. The molecule has 3 rings (SSSR count). The van der Waals surface area contributed by atoms with E-state index in [1.165, 1.54) is 64.8 Å². The van der Waals surface area contributed by atoms with Gasteiger partial charge in [0.25, 0.3) is 0 Å². The molecule has 0 radical (unpaired) electrons. The highest BCUT2D eigenvalue weighted by atomic mass is 15.1. The van der Waals surface area contributed by atoms with Gasteiger partial charge >= 0.3 is 0 Å². The number of nitrogens with one attached hydrogen (secondary N) is 1. The van der Waals surface area contributed by atoms with Gasteiger partial charge in [-0.2, -0.15) is 0 Å². The fourth-order valence-corrected chi connectivity index (χ4v) is 3.78. The Balaban J connectivity index is 1.79. The van der Waals surface area contributed by atoms with Gasteiger partial charge in [-0.15, -0.1) is 0 Å². The van der Waals surface area contributed by atoms with E-state index in [1.54, 1.807) is 5.56 Å². The molecule has 0 amide bonds. The fraction of sp³-hybridized carbons (Fsp3) is 0.647. The van der Waals surface area contributed by atoms with Crippen molar-refractivity contribution in [2.75, 3.05) is 32.7 Å². The van der Waals surface area contributed by atoms with Gasteiger partial charge in [-0.05, 0) is 57.4 Å². The van der Waals surface area contributed by atoms with Gasteiger partial charge in [-0.3, -0.25) is 0 Å². The molecule has 2 fully saturated rings. The predicted molar refractivity (Wildman–Crippen MR) is 80.5 cm³/mol. The van der Waals surface area contributed by atoms with Crippen LogP contribution < -0.4 is 5.32 Å². The summed E-state index contributed by atoms with van der Waals surface area (Å²) in [6.45, 7) is 6.22. The van der Waals surface area contributed by atoms with Crippen LogP contribution in [0.5, 0.6) is 0 Å². The van der Waals surface area contributed by atoms with Gasteiger partial charge in [0.15, 0.2) is 0 Å². The Labute approximate surface area is 117 Å². The number of piperidine rings is 2. The van der Waals surface area contributed by atoms with Gasteiger partial charge in [0, 0.05) is 12.0 Å². The summed E-state index contributed by atoms with van der Waals surface area (Å²) >= 11 is 0. The van der Waals surface area contributed by atoms with Gasteiger partial charge < -0.3 is 10.2 Å². The average molecular weight is 258 g/mol. The van der Waals surface area contributed by atoms with Crippen LogP contribution in [0.3, 0.4) is 0 Å². The summed E-state index contributed by atoms with van der Waals surface area (Å²) < 4.78 is 0. The van der Waals surface area contributed by atoms with E-state index >= 15 is 0 Å². The van der Waals surface area contributed by atoms with Crippen LogP contribution in [0.2, 0.25) is 0 Å². The minimum absolute atomic E-state index is 0.393. The smallest absolute Gasteiger partial charge is 0.0104 e. The number of hydrogen-bond donors (Lipinski definition) is 1. The Morgan fingerprint density at radius 1 is 0.947 bits per heavy atom. The van der Waals surface area contributed by atoms with Crippen molar-refractivity contribution in [2.24, 2.45) is 0 Å². The van der Waals surface area contributed by atoms with Crippen molar-refractivity contribution in [1.82, 2.24) is 10.2 Å². The maximum Gasteiger partial charge on any atom is 0.0104 e. The molecule has 0 aliphatic carbocycles. The van der Waals surface area contributed by atoms with Crippen molar-refractivity contribution in [3.05, 3.63) is 35.9 Å². The molecule has 0 atom stereocenters. The highest BCUT2D eigenvalue weighted by Crippen LogP contribution is 2.35. The van der Waals surface area contributed by atoms with E-state index in [1.807, 2.05) is 0 Å². The Morgan fingerprint density at radius 3 is 2.32 bits per heavy atom. The summed E-state index contributed by atoms with van der Waals surface area (Å²) in [5.41, 5.74) is 1.95. The van der Waals surface area contributed by atoms with E-state index in [0.29, 0.717) is 5.41 Å². The minimum Gasteiger partial charge on any atom is -0.317 e. The predicted octanol–water partition coefficient (Wildman–Crippen LogP) is 2.79. The summed E-state index contributed by atoms with van der Waals surface area (Å²) in [6.07, 6.45) is 6.78. The highest BCUT2D eigenvalue weighted by Gasteiger charge is 2.35. The second-order valence-electron chi connectivity index (χ2n) is 6.23. The van der Waals surface area contributed by atoms with Crippen LogP contribution >= 0.6 is 0 Å². The summed E-state index contributed by atoms with van der Waals surface area (Å²) in [7, 11) is 0. The maximum absolute atomic E-state index is 3.53. The normalized spacial score (nSPS) is 24.2. The molecule has 0 spiro atoms. The Morgan fingerprint density at radius 2 is 1.63 bits per heavy atom. The lowest BCUT2D eigenvalue weighted by Gasteiger charge is -2.43. The van der Waals surface area contributed by atoms with Crippen molar-refractivity contribution >= 4 is 0 Å². The minimum atomic E-state index is 0.393. The third-order valence-corrected chi connectivity index (χ3v) is 4.92. The summed E-state index contributed by atoms with van der Waals surface area (Å²) in [4.78, 5) is 2.71. The quantitative estimate of drug-likeness (QED) is 0.897. The van der Waals surface area contributed by atoms with Gasteiger partial charge in [-0.1, -0.05) is 36.8 Å². The second kappa shape index (κ2) is 6.06. The molecule has 2 nitrogen and oxygen atoms in total. The van der Waals surface area contributed by atoms with Crippen LogP contribution in [0.15, 0.2) is 30.3 Å². The fourth-order valence-electron chi connectivity index (χ4n) is 3.78. The first-order chi connectivity index (χ1) is 9.39. The van der Waals surface area contributed by atoms with Crippen LogP contribution in [0.1, 0.15) is 37.7 Å². The molecule has 1 aromatic rings. The van der Waals surface area contributed by atoms with Gasteiger partial charge in [-0.25, -0.2) is 0 Å². The van der Waals surface area contributed by atoms with E-state index in [2.05, 4.69) is 40.5 Å². The van der Waals surface area contributed by atoms with Crippen molar-refractivity contribution in [2.45, 2.75) is 37.5 Å². The largest absolute Gasteiger partial charge is 0.317 e. The third-order valence-electron chi connectivity index (χ3n) is 4.92. The molecule has 2 saturated heterocycles. The number of rotatable bonds is 3. The zero-order valence-electron chi connectivity index (χ0n) is 11.9. The zero-order chi connectivity index (χ0) is 13.0. The van der Waals surface area contributed by atoms with E-state index in [-0.39, 0.29) is 0 Å². The molecular weight excluding hydrogens is 232 g/mol. The lowest BCUT2D eigenvalue weighted by Crippen LogP contribution is -2.48. The van der Waals surface area contributed by atoms with Gasteiger partial charge in [0.1, 0.15) is 0 Å². The number of benzene rings is 1. The molecule has 104 valence electrons. The molecule has 0 unspecified atom stereocenters. The third kappa shape index (κ3) is 3.01. The first-order valence-electron chi connectivity index (χ1n) is 7.88.